The summed E-state index contributed by atoms with van der Waals surface area (Å²) < 4.78 is 22.7. The van der Waals surface area contributed by atoms with Crippen LogP contribution < -0.4 is 10.5 Å². The number of primary sulfonamides is 1. The maximum Gasteiger partial charge on any atom is 0.238 e. The monoisotopic (exact) mass is 324 g/mol. The number of carbonyl (C=O) groups is 1. The van der Waals surface area contributed by atoms with E-state index in [1.807, 2.05) is 0 Å². The number of thioether (sulfide) groups is 1. The smallest absolute Gasteiger partial charge is 0.238 e. The van der Waals surface area contributed by atoms with Crippen LogP contribution in [0.5, 0.6) is 0 Å². The Kier molecular flexibility index (Phi) is 4.56. The Bertz CT molecular complexity index is 778. The number of benzene rings is 1. The topological polar surface area (TPSA) is 115 Å². The number of hydrogen-bond acceptors (Lipinski definition) is 7. The molecule has 0 unspecified atom stereocenters. The first kappa shape index (κ1) is 15.4. The molecule has 0 fully saturated rings. The van der Waals surface area contributed by atoms with Crippen LogP contribution in [0.2, 0.25) is 0 Å². The van der Waals surface area contributed by atoms with Crippen molar-refractivity contribution in [2.45, 2.75) is 10.1 Å². The number of sulfonamides is 1. The lowest BCUT2D eigenvalue weighted by Crippen LogP contribution is -2.12. The van der Waals surface area contributed by atoms with Gasteiger partial charge in [-0.25, -0.2) is 23.5 Å². The molecule has 0 radical (unpaired) electrons. The van der Waals surface area contributed by atoms with Crippen LogP contribution in [0, 0.1) is 0 Å². The molecule has 3 N–H and O–H groups in total. The van der Waals surface area contributed by atoms with Crippen LogP contribution in [0.1, 0.15) is 10.4 Å². The largest absolute Gasteiger partial charge is 0.339 e. The van der Waals surface area contributed by atoms with Crippen molar-refractivity contribution >= 4 is 39.6 Å². The van der Waals surface area contributed by atoms with Crippen molar-refractivity contribution in [2.24, 2.45) is 5.14 Å². The second kappa shape index (κ2) is 6.20. The van der Waals surface area contributed by atoms with E-state index in [1.165, 1.54) is 30.1 Å². The molecule has 9 heteroatoms. The first-order chi connectivity index (χ1) is 9.94. The third-order valence-corrected chi connectivity index (χ3v) is 4.00. The highest BCUT2D eigenvalue weighted by Crippen LogP contribution is 2.21. The van der Waals surface area contributed by atoms with E-state index in [2.05, 4.69) is 15.3 Å². The molecule has 0 aliphatic rings. The van der Waals surface area contributed by atoms with E-state index in [0.29, 0.717) is 22.9 Å². The number of rotatable bonds is 5. The van der Waals surface area contributed by atoms with E-state index in [-0.39, 0.29) is 10.5 Å². The second-order valence-electron chi connectivity index (χ2n) is 3.98. The minimum Gasteiger partial charge on any atom is -0.339 e. The Morgan fingerprint density at radius 1 is 1.38 bits per heavy atom. The molecule has 21 heavy (non-hydrogen) atoms. The zero-order valence-corrected chi connectivity index (χ0v) is 12.6. The number of nitrogens with zero attached hydrogens (tertiary/aromatic N) is 2. The molecule has 1 heterocycles. The molecule has 7 nitrogen and oxygen atoms in total. The van der Waals surface area contributed by atoms with Gasteiger partial charge >= 0.3 is 0 Å². The fourth-order valence-electron chi connectivity index (χ4n) is 1.55. The van der Waals surface area contributed by atoms with Gasteiger partial charge in [0.25, 0.3) is 0 Å². The minimum atomic E-state index is -3.79. The fourth-order valence-corrected chi connectivity index (χ4v) is 2.45. The summed E-state index contributed by atoms with van der Waals surface area (Å²) in [7, 11) is -3.79. The molecule has 0 bridgehead atoms. The Morgan fingerprint density at radius 2 is 2.14 bits per heavy atom. The van der Waals surface area contributed by atoms with E-state index in [4.69, 9.17) is 5.14 Å². The third-order valence-electron chi connectivity index (χ3n) is 2.53. The van der Waals surface area contributed by atoms with Gasteiger partial charge in [-0.15, -0.1) is 0 Å². The summed E-state index contributed by atoms with van der Waals surface area (Å²) in [4.78, 5) is 19.1. The molecular weight excluding hydrogens is 312 g/mol. The zero-order valence-electron chi connectivity index (χ0n) is 11.0. The van der Waals surface area contributed by atoms with Crippen molar-refractivity contribution in [3.05, 3.63) is 36.0 Å². The van der Waals surface area contributed by atoms with Crippen LogP contribution in [0.4, 0.5) is 11.5 Å². The van der Waals surface area contributed by atoms with Crippen molar-refractivity contribution in [2.75, 3.05) is 11.6 Å². The van der Waals surface area contributed by atoms with E-state index >= 15 is 0 Å². The number of anilines is 2. The van der Waals surface area contributed by atoms with Crippen molar-refractivity contribution in [3.63, 3.8) is 0 Å². The number of aldehydes is 1. The SMILES string of the molecule is CSc1ncc(C=O)c(Nc2cccc(S(N)(=O)=O)c2)n1. The van der Waals surface area contributed by atoms with Crippen LogP contribution in [0.25, 0.3) is 0 Å². The molecule has 2 aromatic rings. The van der Waals surface area contributed by atoms with Gasteiger partial charge in [0.15, 0.2) is 11.4 Å². The molecule has 0 atom stereocenters. The highest BCUT2D eigenvalue weighted by molar-refractivity contribution is 7.98. The van der Waals surface area contributed by atoms with Gasteiger partial charge in [-0.3, -0.25) is 4.79 Å². The summed E-state index contributed by atoms with van der Waals surface area (Å²) in [6, 6.07) is 5.93. The van der Waals surface area contributed by atoms with Gasteiger partial charge < -0.3 is 5.32 Å². The summed E-state index contributed by atoms with van der Waals surface area (Å²) in [6.45, 7) is 0. The van der Waals surface area contributed by atoms with Gasteiger partial charge in [-0.1, -0.05) is 17.8 Å². The molecule has 0 saturated carbocycles. The molecule has 2 rings (SSSR count). The average Bonchev–Trinajstić information content (AvgIpc) is 2.46. The molecule has 0 saturated heterocycles. The Balaban J connectivity index is 2.40. The number of aromatic nitrogens is 2. The Hall–Kier alpha value is -1.97. The number of carbonyl (C=O) groups excluding carboxylic acids is 1. The van der Waals surface area contributed by atoms with Crippen LogP contribution in [0.3, 0.4) is 0 Å². The number of hydrogen-bond donors (Lipinski definition) is 2. The fraction of sp³-hybridized carbons (Fsp3) is 0.0833. The lowest BCUT2D eigenvalue weighted by Gasteiger charge is -2.09. The van der Waals surface area contributed by atoms with Crippen LogP contribution in [0.15, 0.2) is 40.5 Å². The first-order valence-electron chi connectivity index (χ1n) is 5.70. The van der Waals surface area contributed by atoms with Crippen LogP contribution >= 0.6 is 11.8 Å². The summed E-state index contributed by atoms with van der Waals surface area (Å²) >= 11 is 1.33. The van der Waals surface area contributed by atoms with Gasteiger partial charge in [-0.05, 0) is 24.5 Å². The second-order valence-corrected chi connectivity index (χ2v) is 6.31. The van der Waals surface area contributed by atoms with Gasteiger partial charge in [-0.2, -0.15) is 0 Å². The predicted molar refractivity (Wildman–Crippen MR) is 80.3 cm³/mol. The quantitative estimate of drug-likeness (QED) is 0.485. The van der Waals surface area contributed by atoms with E-state index < -0.39 is 10.0 Å². The highest BCUT2D eigenvalue weighted by Gasteiger charge is 2.10. The summed E-state index contributed by atoms with van der Waals surface area (Å²) in [5.41, 5.74) is 0.726. The Labute approximate surface area is 126 Å². The molecule has 0 aliphatic carbocycles. The van der Waals surface area contributed by atoms with Crippen molar-refractivity contribution < 1.29 is 13.2 Å². The molecule has 110 valence electrons. The van der Waals surface area contributed by atoms with Gasteiger partial charge in [0, 0.05) is 11.9 Å². The van der Waals surface area contributed by atoms with E-state index in [1.54, 1.807) is 18.4 Å². The lowest BCUT2D eigenvalue weighted by atomic mass is 10.3. The predicted octanol–water partition coefficient (Wildman–Crippen LogP) is 1.40. The number of nitrogens with two attached hydrogens (primary N) is 1. The summed E-state index contributed by atoms with van der Waals surface area (Å²) in [5, 5.41) is 8.47. The molecule has 0 spiro atoms. The maximum atomic E-state index is 11.3. The summed E-state index contributed by atoms with van der Waals surface area (Å²) in [6.07, 6.45) is 3.83. The van der Waals surface area contributed by atoms with Crippen molar-refractivity contribution in [1.29, 1.82) is 0 Å². The molecule has 0 aliphatic heterocycles. The minimum absolute atomic E-state index is 0.0284. The Morgan fingerprint density at radius 3 is 2.76 bits per heavy atom. The molecule has 1 aromatic carbocycles. The maximum absolute atomic E-state index is 11.3. The van der Waals surface area contributed by atoms with Crippen LogP contribution in [-0.2, 0) is 10.0 Å². The third kappa shape index (κ3) is 3.78. The van der Waals surface area contributed by atoms with Gasteiger partial charge in [0.05, 0.1) is 10.5 Å². The average molecular weight is 324 g/mol. The molecule has 0 amide bonds. The standard InChI is InChI=1S/C12H12N4O3S2/c1-20-12-14-6-8(7-17)11(16-12)15-9-3-2-4-10(5-9)21(13,18)19/h2-7H,1H3,(H2,13,18,19)(H,14,15,16). The first-order valence-corrected chi connectivity index (χ1v) is 8.47. The van der Waals surface area contributed by atoms with E-state index in [0.717, 1.165) is 0 Å². The molecular formula is C12H12N4O3S2. The zero-order chi connectivity index (χ0) is 15.5. The lowest BCUT2D eigenvalue weighted by molar-refractivity contribution is 0.112. The van der Waals surface area contributed by atoms with Crippen LogP contribution in [-0.4, -0.2) is 30.9 Å². The normalized spacial score (nSPS) is 11.1. The van der Waals surface area contributed by atoms with Gasteiger partial charge in [0.2, 0.25) is 10.0 Å². The van der Waals surface area contributed by atoms with E-state index in [9.17, 15) is 13.2 Å². The van der Waals surface area contributed by atoms with Crippen molar-refractivity contribution in [3.8, 4) is 0 Å². The molecule has 1 aromatic heterocycles. The number of nitrogens with one attached hydrogen (secondary N) is 1. The highest BCUT2D eigenvalue weighted by atomic mass is 32.2. The summed E-state index contributed by atoms with van der Waals surface area (Å²) in [5.74, 6) is 0.302. The van der Waals surface area contributed by atoms with Crippen molar-refractivity contribution in [1.82, 2.24) is 9.97 Å². The van der Waals surface area contributed by atoms with Gasteiger partial charge in [0.1, 0.15) is 5.82 Å².